The van der Waals surface area contributed by atoms with E-state index in [0.29, 0.717) is 0 Å². The number of aliphatic hydroxyl groups is 6. The van der Waals surface area contributed by atoms with E-state index in [4.69, 9.17) is 30.6 Å². The normalized spacial score (nSPS) is 18.3. The van der Waals surface area contributed by atoms with Crippen LogP contribution in [-0.2, 0) is 0 Å². The average molecular weight is 180 g/mol. The van der Waals surface area contributed by atoms with Gasteiger partial charge in [-0.05, 0) is 0 Å². The average Bonchev–Trinajstić information content (AvgIpc) is 2.12. The molecule has 0 aliphatic carbocycles. The zero-order valence-corrected chi connectivity index (χ0v) is 6.25. The summed E-state index contributed by atoms with van der Waals surface area (Å²) < 4.78 is 0. The fourth-order valence-corrected chi connectivity index (χ4v) is 0.534. The van der Waals surface area contributed by atoms with Crippen molar-refractivity contribution in [3.63, 3.8) is 0 Å². The molecule has 0 aliphatic rings. The van der Waals surface area contributed by atoms with E-state index >= 15 is 0 Å². The maximum atomic E-state index is 8.90. The highest BCUT2D eigenvalue weighted by molar-refractivity contribution is 5.05. The summed E-state index contributed by atoms with van der Waals surface area (Å²) in [5, 5.41) is 51.8. The van der Waals surface area contributed by atoms with Gasteiger partial charge in [-0.2, -0.15) is 0 Å². The van der Waals surface area contributed by atoms with Gasteiger partial charge in [0.05, 0.1) is 6.61 Å². The first-order chi connectivity index (χ1) is 5.54. The summed E-state index contributed by atoms with van der Waals surface area (Å²) in [6.45, 7) is -1.61. The SMILES string of the molecule is OC/C(O)=C(/O)C(O)C(O)CO. The number of hydrogen-bond acceptors (Lipinski definition) is 6. The van der Waals surface area contributed by atoms with Gasteiger partial charge in [-0.3, -0.25) is 0 Å². The molecule has 0 aromatic carbocycles. The minimum Gasteiger partial charge on any atom is -0.506 e. The Labute approximate surface area is 68.6 Å². The first-order valence-corrected chi connectivity index (χ1v) is 3.23. The van der Waals surface area contributed by atoms with E-state index in [0.717, 1.165) is 0 Å². The van der Waals surface area contributed by atoms with Crippen LogP contribution in [0.5, 0.6) is 0 Å². The fraction of sp³-hybridized carbons (Fsp3) is 0.667. The Morgan fingerprint density at radius 2 is 1.58 bits per heavy atom. The molecule has 12 heavy (non-hydrogen) atoms. The molecule has 0 radical (unpaired) electrons. The third kappa shape index (κ3) is 2.67. The van der Waals surface area contributed by atoms with E-state index in [1.54, 1.807) is 0 Å². The maximum Gasteiger partial charge on any atom is 0.164 e. The van der Waals surface area contributed by atoms with Crippen LogP contribution in [0.2, 0.25) is 0 Å². The van der Waals surface area contributed by atoms with Crippen molar-refractivity contribution in [2.45, 2.75) is 12.2 Å². The van der Waals surface area contributed by atoms with Crippen molar-refractivity contribution in [2.24, 2.45) is 0 Å². The Morgan fingerprint density at radius 3 is 1.92 bits per heavy atom. The maximum absolute atomic E-state index is 8.90. The molecule has 0 bridgehead atoms. The van der Waals surface area contributed by atoms with Gasteiger partial charge in [0.15, 0.2) is 11.5 Å². The van der Waals surface area contributed by atoms with Gasteiger partial charge < -0.3 is 30.6 Å². The molecule has 6 heteroatoms. The summed E-state index contributed by atoms with van der Waals surface area (Å²) in [5.74, 6) is -1.78. The van der Waals surface area contributed by atoms with Crippen LogP contribution in [0.4, 0.5) is 0 Å². The molecule has 0 saturated carbocycles. The lowest BCUT2D eigenvalue weighted by Gasteiger charge is -2.15. The summed E-state index contributed by atoms with van der Waals surface area (Å²) in [7, 11) is 0. The van der Waals surface area contributed by atoms with Crippen molar-refractivity contribution in [1.82, 2.24) is 0 Å². The van der Waals surface area contributed by atoms with E-state index in [1.807, 2.05) is 0 Å². The summed E-state index contributed by atoms with van der Waals surface area (Å²) in [6, 6.07) is 0. The lowest BCUT2D eigenvalue weighted by molar-refractivity contribution is -0.0177. The monoisotopic (exact) mass is 180 g/mol. The predicted octanol–water partition coefficient (Wildman–Crippen LogP) is -1.98. The minimum atomic E-state index is -1.79. The Morgan fingerprint density at radius 1 is 1.08 bits per heavy atom. The standard InChI is InChI=1S/C6H12O6/c7-1-3(9)5(11)6(12)4(10)2-8/h3,5,7-12H,1-2H2/b6-4-. The molecule has 0 spiro atoms. The molecule has 0 aliphatic heterocycles. The van der Waals surface area contributed by atoms with Crippen LogP contribution in [0.15, 0.2) is 11.5 Å². The Bertz CT molecular complexity index is 165. The molecule has 6 nitrogen and oxygen atoms in total. The topological polar surface area (TPSA) is 121 Å². The molecule has 72 valence electrons. The van der Waals surface area contributed by atoms with E-state index in [-0.39, 0.29) is 0 Å². The molecule has 0 heterocycles. The van der Waals surface area contributed by atoms with Gasteiger partial charge in [0.25, 0.3) is 0 Å². The van der Waals surface area contributed by atoms with Crippen LogP contribution in [0, 0.1) is 0 Å². The summed E-state index contributed by atoms with van der Waals surface area (Å²) in [5.41, 5.74) is 0. The highest BCUT2D eigenvalue weighted by Gasteiger charge is 2.22. The first kappa shape index (κ1) is 11.2. The summed E-state index contributed by atoms with van der Waals surface area (Å²) >= 11 is 0. The van der Waals surface area contributed by atoms with Crippen molar-refractivity contribution in [3.8, 4) is 0 Å². The Balaban J connectivity index is 4.36. The van der Waals surface area contributed by atoms with Crippen molar-refractivity contribution in [3.05, 3.63) is 11.5 Å². The molecule has 0 saturated heterocycles. The molecule has 2 unspecified atom stereocenters. The van der Waals surface area contributed by atoms with Crippen LogP contribution in [-0.4, -0.2) is 56.1 Å². The van der Waals surface area contributed by atoms with Crippen LogP contribution in [0.3, 0.4) is 0 Å². The third-order valence-electron chi connectivity index (χ3n) is 1.28. The van der Waals surface area contributed by atoms with Crippen molar-refractivity contribution in [1.29, 1.82) is 0 Å². The van der Waals surface area contributed by atoms with Crippen LogP contribution in [0.1, 0.15) is 0 Å². The van der Waals surface area contributed by atoms with Gasteiger partial charge in [0, 0.05) is 0 Å². The number of hydrogen-bond donors (Lipinski definition) is 6. The third-order valence-corrected chi connectivity index (χ3v) is 1.28. The Hall–Kier alpha value is -0.820. The quantitative estimate of drug-likeness (QED) is 0.279. The zero-order chi connectivity index (χ0) is 9.72. The van der Waals surface area contributed by atoms with Gasteiger partial charge in [-0.1, -0.05) is 0 Å². The first-order valence-electron chi connectivity index (χ1n) is 3.23. The van der Waals surface area contributed by atoms with Crippen LogP contribution in [0.25, 0.3) is 0 Å². The molecule has 0 aromatic heterocycles. The molecule has 2 atom stereocenters. The molecule has 0 amide bonds. The number of aliphatic hydroxyl groups excluding tert-OH is 6. The highest BCUT2D eigenvalue weighted by Crippen LogP contribution is 2.06. The molecular formula is C6H12O6. The lowest BCUT2D eigenvalue weighted by atomic mass is 10.1. The van der Waals surface area contributed by atoms with E-state index in [1.165, 1.54) is 0 Å². The van der Waals surface area contributed by atoms with Gasteiger partial charge in [-0.25, -0.2) is 0 Å². The molecular weight excluding hydrogens is 168 g/mol. The van der Waals surface area contributed by atoms with Crippen LogP contribution >= 0.6 is 0 Å². The van der Waals surface area contributed by atoms with Gasteiger partial charge in [0.1, 0.15) is 18.8 Å². The smallest absolute Gasteiger partial charge is 0.164 e. The molecule has 6 N–H and O–H groups in total. The fourth-order valence-electron chi connectivity index (χ4n) is 0.534. The minimum absolute atomic E-state index is 0.760. The second kappa shape index (κ2) is 4.94. The largest absolute Gasteiger partial charge is 0.506 e. The van der Waals surface area contributed by atoms with Gasteiger partial charge >= 0.3 is 0 Å². The van der Waals surface area contributed by atoms with E-state index in [2.05, 4.69) is 0 Å². The molecule has 0 fully saturated rings. The lowest BCUT2D eigenvalue weighted by Crippen LogP contribution is -2.32. The van der Waals surface area contributed by atoms with E-state index < -0.39 is 36.9 Å². The summed E-state index contributed by atoms with van der Waals surface area (Å²) in [6.07, 6.45) is -3.37. The van der Waals surface area contributed by atoms with Crippen molar-refractivity contribution >= 4 is 0 Å². The number of rotatable bonds is 4. The van der Waals surface area contributed by atoms with Crippen molar-refractivity contribution < 1.29 is 30.6 Å². The second-order valence-corrected chi connectivity index (χ2v) is 2.18. The van der Waals surface area contributed by atoms with Gasteiger partial charge in [-0.15, -0.1) is 0 Å². The van der Waals surface area contributed by atoms with Crippen LogP contribution < -0.4 is 0 Å². The van der Waals surface area contributed by atoms with Crippen molar-refractivity contribution in [2.75, 3.05) is 13.2 Å². The predicted molar refractivity (Wildman–Crippen MR) is 38.5 cm³/mol. The molecule has 0 aromatic rings. The summed E-state index contributed by atoms with van der Waals surface area (Å²) in [4.78, 5) is 0. The van der Waals surface area contributed by atoms with E-state index in [9.17, 15) is 0 Å². The second-order valence-electron chi connectivity index (χ2n) is 2.18. The Kier molecular flexibility index (Phi) is 4.60. The molecule has 0 rings (SSSR count). The zero-order valence-electron chi connectivity index (χ0n) is 6.25. The van der Waals surface area contributed by atoms with Gasteiger partial charge in [0.2, 0.25) is 0 Å². The highest BCUT2D eigenvalue weighted by atomic mass is 16.4.